The van der Waals surface area contributed by atoms with Crippen molar-refractivity contribution in [2.45, 2.75) is 38.1 Å². The lowest BCUT2D eigenvalue weighted by Gasteiger charge is -2.09. The minimum absolute atomic E-state index is 0.321. The minimum Gasteiger partial charge on any atom is -0.327 e. The van der Waals surface area contributed by atoms with Crippen molar-refractivity contribution in [2.75, 3.05) is 5.75 Å². The van der Waals surface area contributed by atoms with E-state index in [2.05, 4.69) is 39.0 Å². The van der Waals surface area contributed by atoms with Crippen LogP contribution in [0.25, 0.3) is 0 Å². The van der Waals surface area contributed by atoms with Gasteiger partial charge in [0, 0.05) is 16.7 Å². The van der Waals surface area contributed by atoms with Gasteiger partial charge in [-0.1, -0.05) is 13.0 Å². The predicted octanol–water partition coefficient (Wildman–Crippen LogP) is 3.13. The van der Waals surface area contributed by atoms with Crippen molar-refractivity contribution in [1.29, 1.82) is 0 Å². The number of rotatable bonds is 4. The predicted molar refractivity (Wildman–Crippen MR) is 64.9 cm³/mol. The molecule has 0 aliphatic carbocycles. The van der Waals surface area contributed by atoms with E-state index in [0.717, 1.165) is 12.2 Å². The largest absolute Gasteiger partial charge is 0.327 e. The summed E-state index contributed by atoms with van der Waals surface area (Å²) in [5.41, 5.74) is 8.58. The molecule has 2 heteroatoms. The first-order valence-corrected chi connectivity index (χ1v) is 6.07. The molecule has 1 unspecified atom stereocenters. The summed E-state index contributed by atoms with van der Waals surface area (Å²) in [4.78, 5) is 1.33. The summed E-state index contributed by atoms with van der Waals surface area (Å²) in [6.07, 6.45) is 1.05. The van der Waals surface area contributed by atoms with Crippen LogP contribution in [0.5, 0.6) is 0 Å². The van der Waals surface area contributed by atoms with Crippen molar-refractivity contribution in [3.8, 4) is 0 Å². The summed E-state index contributed by atoms with van der Waals surface area (Å²) in [7, 11) is 0. The maximum absolute atomic E-state index is 5.87. The van der Waals surface area contributed by atoms with Gasteiger partial charge in [0.2, 0.25) is 0 Å². The van der Waals surface area contributed by atoms with Crippen molar-refractivity contribution in [2.24, 2.45) is 5.73 Å². The molecule has 0 amide bonds. The number of thioether (sulfide) groups is 1. The van der Waals surface area contributed by atoms with Crippen molar-refractivity contribution < 1.29 is 0 Å². The minimum atomic E-state index is 0.321. The van der Waals surface area contributed by atoms with Crippen molar-refractivity contribution in [1.82, 2.24) is 0 Å². The zero-order valence-electron chi connectivity index (χ0n) is 9.21. The van der Waals surface area contributed by atoms with Crippen LogP contribution < -0.4 is 5.73 Å². The third-order valence-electron chi connectivity index (χ3n) is 2.47. The molecule has 0 aromatic heterocycles. The Labute approximate surface area is 91.1 Å². The molecule has 78 valence electrons. The molecule has 1 atom stereocenters. The topological polar surface area (TPSA) is 26.0 Å². The lowest BCUT2D eigenvalue weighted by molar-refractivity contribution is 0.725. The van der Waals surface area contributed by atoms with Crippen LogP contribution in [-0.4, -0.2) is 11.8 Å². The van der Waals surface area contributed by atoms with Crippen LogP contribution in [0.4, 0.5) is 0 Å². The first kappa shape index (κ1) is 11.6. The quantitative estimate of drug-likeness (QED) is 0.771. The molecule has 0 aliphatic rings. The average Bonchev–Trinajstić information content (AvgIpc) is 2.19. The number of aryl methyl sites for hydroxylation is 2. The van der Waals surface area contributed by atoms with Crippen LogP contribution in [0.15, 0.2) is 23.1 Å². The molecule has 14 heavy (non-hydrogen) atoms. The Kier molecular flexibility index (Phi) is 4.49. The van der Waals surface area contributed by atoms with Crippen LogP contribution >= 0.6 is 11.8 Å². The molecule has 0 saturated carbocycles. The van der Waals surface area contributed by atoms with E-state index in [0.29, 0.717) is 6.04 Å². The average molecular weight is 209 g/mol. The highest BCUT2D eigenvalue weighted by molar-refractivity contribution is 7.99. The lowest BCUT2D eigenvalue weighted by Crippen LogP contribution is -2.21. The summed E-state index contributed by atoms with van der Waals surface area (Å²) in [6.45, 7) is 6.42. The van der Waals surface area contributed by atoms with E-state index in [9.17, 15) is 0 Å². The van der Waals surface area contributed by atoms with Gasteiger partial charge in [-0.2, -0.15) is 0 Å². The zero-order chi connectivity index (χ0) is 10.6. The molecular weight excluding hydrogens is 190 g/mol. The molecule has 2 N–H and O–H groups in total. The second-order valence-corrected chi connectivity index (χ2v) is 4.82. The van der Waals surface area contributed by atoms with Gasteiger partial charge in [0.1, 0.15) is 0 Å². The maximum atomic E-state index is 5.87. The highest BCUT2D eigenvalue weighted by atomic mass is 32.2. The fourth-order valence-corrected chi connectivity index (χ4v) is 2.19. The Balaban J connectivity index is 2.55. The number of hydrogen-bond acceptors (Lipinski definition) is 2. The van der Waals surface area contributed by atoms with Gasteiger partial charge >= 0.3 is 0 Å². The van der Waals surface area contributed by atoms with E-state index in [-0.39, 0.29) is 0 Å². The Hall–Kier alpha value is -0.470. The fourth-order valence-electron chi connectivity index (χ4n) is 1.12. The van der Waals surface area contributed by atoms with Crippen LogP contribution in [0, 0.1) is 13.8 Å². The summed E-state index contributed by atoms with van der Waals surface area (Å²) in [6, 6.07) is 6.91. The highest BCUT2D eigenvalue weighted by Gasteiger charge is 2.01. The zero-order valence-corrected chi connectivity index (χ0v) is 10.0. The van der Waals surface area contributed by atoms with E-state index in [1.54, 1.807) is 0 Å². The van der Waals surface area contributed by atoms with Gasteiger partial charge in [0.25, 0.3) is 0 Å². The molecule has 1 nitrogen and oxygen atoms in total. The molecule has 0 bridgehead atoms. The molecule has 0 radical (unpaired) electrons. The molecule has 0 saturated heterocycles. The standard InChI is InChI=1S/C12H19NS/c1-4-11(13)8-14-12-6-5-9(2)10(3)7-12/h5-7,11H,4,8,13H2,1-3H3. The van der Waals surface area contributed by atoms with E-state index < -0.39 is 0 Å². The Morgan fingerprint density at radius 3 is 2.57 bits per heavy atom. The molecular formula is C12H19NS. The summed E-state index contributed by atoms with van der Waals surface area (Å²) < 4.78 is 0. The Morgan fingerprint density at radius 1 is 1.29 bits per heavy atom. The highest BCUT2D eigenvalue weighted by Crippen LogP contribution is 2.21. The van der Waals surface area contributed by atoms with E-state index in [1.807, 2.05) is 11.8 Å². The summed E-state index contributed by atoms with van der Waals surface area (Å²) >= 11 is 1.85. The molecule has 1 aromatic carbocycles. The van der Waals surface area contributed by atoms with Crippen LogP contribution in [-0.2, 0) is 0 Å². The second-order valence-electron chi connectivity index (χ2n) is 3.73. The Morgan fingerprint density at radius 2 is 2.00 bits per heavy atom. The van der Waals surface area contributed by atoms with Gasteiger partial charge in [-0.3, -0.25) is 0 Å². The van der Waals surface area contributed by atoms with Gasteiger partial charge in [-0.25, -0.2) is 0 Å². The van der Waals surface area contributed by atoms with Crippen molar-refractivity contribution in [3.05, 3.63) is 29.3 Å². The van der Waals surface area contributed by atoms with Gasteiger partial charge in [0.15, 0.2) is 0 Å². The first-order chi connectivity index (χ1) is 6.63. The van der Waals surface area contributed by atoms with Crippen LogP contribution in [0.1, 0.15) is 24.5 Å². The van der Waals surface area contributed by atoms with E-state index >= 15 is 0 Å². The van der Waals surface area contributed by atoms with Gasteiger partial charge < -0.3 is 5.73 Å². The van der Waals surface area contributed by atoms with Crippen molar-refractivity contribution >= 4 is 11.8 Å². The number of nitrogens with two attached hydrogens (primary N) is 1. The SMILES string of the molecule is CCC(N)CSc1ccc(C)c(C)c1. The fraction of sp³-hybridized carbons (Fsp3) is 0.500. The third-order valence-corrected chi connectivity index (χ3v) is 3.65. The monoisotopic (exact) mass is 209 g/mol. The van der Waals surface area contributed by atoms with E-state index in [1.165, 1.54) is 16.0 Å². The summed E-state index contributed by atoms with van der Waals surface area (Å²) in [5, 5.41) is 0. The molecule has 1 rings (SSSR count). The van der Waals surface area contributed by atoms with Gasteiger partial charge in [-0.05, 0) is 43.5 Å². The maximum Gasteiger partial charge on any atom is 0.0132 e. The molecule has 0 fully saturated rings. The molecule has 0 heterocycles. The van der Waals surface area contributed by atoms with Crippen molar-refractivity contribution in [3.63, 3.8) is 0 Å². The van der Waals surface area contributed by atoms with Crippen LogP contribution in [0.3, 0.4) is 0 Å². The lowest BCUT2D eigenvalue weighted by atomic mass is 10.1. The number of benzene rings is 1. The molecule has 1 aromatic rings. The van der Waals surface area contributed by atoms with Crippen LogP contribution in [0.2, 0.25) is 0 Å². The van der Waals surface area contributed by atoms with Gasteiger partial charge in [-0.15, -0.1) is 11.8 Å². The molecule has 0 spiro atoms. The Bertz CT molecular complexity index is 296. The second kappa shape index (κ2) is 5.42. The summed E-state index contributed by atoms with van der Waals surface area (Å²) in [5.74, 6) is 1.01. The molecule has 0 aliphatic heterocycles. The number of hydrogen-bond donors (Lipinski definition) is 1. The smallest absolute Gasteiger partial charge is 0.0132 e. The van der Waals surface area contributed by atoms with E-state index in [4.69, 9.17) is 5.73 Å². The normalized spacial score (nSPS) is 12.9. The third kappa shape index (κ3) is 3.35. The van der Waals surface area contributed by atoms with Gasteiger partial charge in [0.05, 0.1) is 0 Å². The first-order valence-electron chi connectivity index (χ1n) is 5.09.